The standard InChI is InChI=1S/C26H25ClN4O2/c1-16(32)30-22-8-4-5-9-23(22)31-15-29-25-20-7-3-2-6-19(20)18(13-21(25)26(31)33)12-17-10-11-24(27)28-14-17/h2-3,6-7,10-11,13-15,22-23H,4-5,8-9,12H2,1H3,(H,30,32)/t22-,23?/m0/s1. The quantitative estimate of drug-likeness (QED) is 0.350. The highest BCUT2D eigenvalue weighted by Gasteiger charge is 2.28. The number of carbonyl (C=O) groups excluding carboxylic acids is 1. The SMILES string of the molecule is CC(=O)N[C@H]1CCCCC1n1cnc2c(cc(Cc3ccc(Cl)nc3)c3ccccc32)c1=O. The van der Waals surface area contributed by atoms with Crippen LogP contribution in [0.5, 0.6) is 0 Å². The second-order valence-corrected chi connectivity index (χ2v) is 9.15. The summed E-state index contributed by atoms with van der Waals surface area (Å²) in [5.41, 5.74) is 2.70. The summed E-state index contributed by atoms with van der Waals surface area (Å²) in [5.74, 6) is -0.0708. The van der Waals surface area contributed by atoms with Gasteiger partial charge in [-0.1, -0.05) is 54.8 Å². The van der Waals surface area contributed by atoms with E-state index < -0.39 is 0 Å². The van der Waals surface area contributed by atoms with Crippen molar-refractivity contribution in [2.24, 2.45) is 0 Å². The van der Waals surface area contributed by atoms with Crippen molar-refractivity contribution in [3.63, 3.8) is 0 Å². The lowest BCUT2D eigenvalue weighted by molar-refractivity contribution is -0.120. The van der Waals surface area contributed by atoms with Crippen LogP contribution in [0, 0.1) is 0 Å². The molecule has 2 aromatic carbocycles. The molecule has 0 spiro atoms. The van der Waals surface area contributed by atoms with E-state index in [0.29, 0.717) is 22.5 Å². The molecule has 1 amide bonds. The van der Waals surface area contributed by atoms with Crippen LogP contribution in [0.25, 0.3) is 21.7 Å². The first-order chi connectivity index (χ1) is 16.0. The van der Waals surface area contributed by atoms with Crippen LogP contribution in [0.3, 0.4) is 0 Å². The maximum absolute atomic E-state index is 13.7. The summed E-state index contributed by atoms with van der Waals surface area (Å²) in [5, 5.41) is 6.12. The molecule has 168 valence electrons. The molecule has 1 N–H and O–H groups in total. The molecule has 1 aliphatic rings. The van der Waals surface area contributed by atoms with Crippen LogP contribution in [0.1, 0.15) is 49.8 Å². The van der Waals surface area contributed by atoms with E-state index in [0.717, 1.165) is 47.6 Å². The maximum atomic E-state index is 13.7. The molecule has 0 radical (unpaired) electrons. The fourth-order valence-electron chi connectivity index (χ4n) is 5.04. The lowest BCUT2D eigenvalue weighted by atomic mass is 9.89. The van der Waals surface area contributed by atoms with Crippen LogP contribution >= 0.6 is 11.6 Å². The Morgan fingerprint density at radius 3 is 2.64 bits per heavy atom. The first kappa shape index (κ1) is 21.6. The van der Waals surface area contributed by atoms with Crippen molar-refractivity contribution in [3.8, 4) is 0 Å². The van der Waals surface area contributed by atoms with Crippen LogP contribution in [0.15, 0.2) is 59.8 Å². The average molecular weight is 461 g/mol. The second-order valence-electron chi connectivity index (χ2n) is 8.76. The second kappa shape index (κ2) is 8.94. The molecule has 0 aliphatic heterocycles. The maximum Gasteiger partial charge on any atom is 0.261 e. The van der Waals surface area contributed by atoms with Gasteiger partial charge in [0.1, 0.15) is 5.15 Å². The normalized spacial score (nSPS) is 18.5. The molecule has 2 atom stereocenters. The molecule has 1 fully saturated rings. The smallest absolute Gasteiger partial charge is 0.261 e. The number of carbonyl (C=O) groups is 1. The van der Waals surface area contributed by atoms with Gasteiger partial charge in [-0.25, -0.2) is 9.97 Å². The van der Waals surface area contributed by atoms with Crippen molar-refractivity contribution in [3.05, 3.63) is 81.6 Å². The van der Waals surface area contributed by atoms with Gasteiger partial charge in [-0.15, -0.1) is 0 Å². The fourth-order valence-corrected chi connectivity index (χ4v) is 5.15. The van der Waals surface area contributed by atoms with E-state index in [1.165, 1.54) is 6.92 Å². The van der Waals surface area contributed by atoms with Gasteiger partial charge in [0, 0.05) is 24.5 Å². The van der Waals surface area contributed by atoms with Gasteiger partial charge in [-0.05, 0) is 47.9 Å². The molecular weight excluding hydrogens is 436 g/mol. The summed E-state index contributed by atoms with van der Waals surface area (Å²) in [6.07, 6.45) is 7.83. The zero-order valence-corrected chi connectivity index (χ0v) is 19.2. The number of rotatable bonds is 4. The van der Waals surface area contributed by atoms with E-state index in [4.69, 9.17) is 16.6 Å². The van der Waals surface area contributed by atoms with Crippen molar-refractivity contribution in [2.75, 3.05) is 0 Å². The van der Waals surface area contributed by atoms with Crippen molar-refractivity contribution >= 4 is 39.2 Å². The Bertz CT molecular complexity index is 1400. The molecule has 1 unspecified atom stereocenters. The van der Waals surface area contributed by atoms with Gasteiger partial charge in [-0.3, -0.25) is 14.2 Å². The van der Waals surface area contributed by atoms with Gasteiger partial charge in [0.05, 0.1) is 23.3 Å². The van der Waals surface area contributed by atoms with Crippen molar-refractivity contribution in [1.82, 2.24) is 19.9 Å². The zero-order valence-electron chi connectivity index (χ0n) is 18.4. The summed E-state index contributed by atoms with van der Waals surface area (Å²) in [7, 11) is 0. The number of hydrogen-bond acceptors (Lipinski definition) is 4. The predicted octanol–water partition coefficient (Wildman–Crippen LogP) is 4.81. The number of hydrogen-bond donors (Lipinski definition) is 1. The van der Waals surface area contributed by atoms with Gasteiger partial charge in [0.15, 0.2) is 0 Å². The third kappa shape index (κ3) is 4.23. The molecule has 7 heteroatoms. The molecule has 5 rings (SSSR count). The van der Waals surface area contributed by atoms with Crippen LogP contribution in [-0.2, 0) is 11.2 Å². The first-order valence-corrected chi connectivity index (χ1v) is 11.7. The first-order valence-electron chi connectivity index (χ1n) is 11.3. The van der Waals surface area contributed by atoms with Crippen molar-refractivity contribution < 1.29 is 4.79 Å². The minimum atomic E-state index is -0.0950. The topological polar surface area (TPSA) is 76.9 Å². The van der Waals surface area contributed by atoms with Gasteiger partial charge in [0.2, 0.25) is 5.91 Å². The van der Waals surface area contributed by atoms with E-state index in [9.17, 15) is 9.59 Å². The Balaban J connectivity index is 1.66. The largest absolute Gasteiger partial charge is 0.352 e. The van der Waals surface area contributed by atoms with Gasteiger partial charge in [-0.2, -0.15) is 0 Å². The minimum Gasteiger partial charge on any atom is -0.352 e. The molecule has 4 aromatic rings. The Hall–Kier alpha value is -3.25. The Kier molecular flexibility index (Phi) is 5.85. The Morgan fingerprint density at radius 1 is 1.09 bits per heavy atom. The third-order valence-electron chi connectivity index (χ3n) is 6.54. The Labute approximate surface area is 196 Å². The summed E-state index contributed by atoms with van der Waals surface area (Å²) >= 11 is 5.95. The van der Waals surface area contributed by atoms with Gasteiger partial charge in [0.25, 0.3) is 5.56 Å². The molecular formula is C26H25ClN4O2. The monoisotopic (exact) mass is 460 g/mol. The summed E-state index contributed by atoms with van der Waals surface area (Å²) < 4.78 is 1.73. The molecule has 2 aromatic heterocycles. The molecule has 1 saturated carbocycles. The molecule has 1 aliphatic carbocycles. The van der Waals surface area contributed by atoms with E-state index in [-0.39, 0.29) is 23.6 Å². The van der Waals surface area contributed by atoms with Crippen LogP contribution < -0.4 is 10.9 Å². The highest BCUT2D eigenvalue weighted by molar-refractivity contribution is 6.29. The number of benzene rings is 2. The van der Waals surface area contributed by atoms with Gasteiger partial charge < -0.3 is 5.32 Å². The summed E-state index contributed by atoms with van der Waals surface area (Å²) in [6.45, 7) is 1.52. The minimum absolute atomic E-state index is 0.0618. The van der Waals surface area contributed by atoms with Crippen LogP contribution in [0.2, 0.25) is 5.15 Å². The average Bonchev–Trinajstić information content (AvgIpc) is 2.81. The lowest BCUT2D eigenvalue weighted by Crippen LogP contribution is -2.44. The molecule has 0 saturated heterocycles. The van der Waals surface area contributed by atoms with Crippen LogP contribution in [-0.4, -0.2) is 26.5 Å². The number of halogens is 1. The van der Waals surface area contributed by atoms with Crippen LogP contribution in [0.4, 0.5) is 0 Å². The number of amides is 1. The molecule has 2 heterocycles. The number of nitrogens with zero attached hydrogens (tertiary/aromatic N) is 3. The summed E-state index contributed by atoms with van der Waals surface area (Å²) in [6, 6.07) is 13.6. The molecule has 33 heavy (non-hydrogen) atoms. The number of fused-ring (bicyclic) bond motifs is 3. The van der Waals surface area contributed by atoms with Gasteiger partial charge >= 0.3 is 0 Å². The molecule has 6 nitrogen and oxygen atoms in total. The van der Waals surface area contributed by atoms with E-state index >= 15 is 0 Å². The van der Waals surface area contributed by atoms with E-state index in [1.807, 2.05) is 30.3 Å². The number of pyridine rings is 1. The predicted molar refractivity (Wildman–Crippen MR) is 131 cm³/mol. The number of aromatic nitrogens is 3. The van der Waals surface area contributed by atoms with E-state index in [2.05, 4.69) is 16.4 Å². The fraction of sp³-hybridized carbons (Fsp3) is 0.308. The van der Waals surface area contributed by atoms with Crippen molar-refractivity contribution in [1.29, 1.82) is 0 Å². The highest BCUT2D eigenvalue weighted by atomic mass is 35.5. The zero-order chi connectivity index (χ0) is 22.9. The highest BCUT2D eigenvalue weighted by Crippen LogP contribution is 2.30. The third-order valence-corrected chi connectivity index (χ3v) is 6.76. The lowest BCUT2D eigenvalue weighted by Gasteiger charge is -2.33. The van der Waals surface area contributed by atoms with E-state index in [1.54, 1.807) is 23.2 Å². The van der Waals surface area contributed by atoms with Crippen molar-refractivity contribution in [2.45, 2.75) is 51.1 Å². The summed E-state index contributed by atoms with van der Waals surface area (Å²) in [4.78, 5) is 34.4. The molecule has 0 bridgehead atoms. The Morgan fingerprint density at radius 2 is 1.88 bits per heavy atom. The number of nitrogens with one attached hydrogen (secondary N) is 1.